The van der Waals surface area contributed by atoms with Crippen molar-refractivity contribution >= 4 is 11.8 Å². The fraction of sp³-hybridized carbons (Fsp3) is 0.250. The fourth-order valence-electron chi connectivity index (χ4n) is 1.93. The van der Waals surface area contributed by atoms with Gasteiger partial charge in [-0.15, -0.1) is 11.8 Å². The molecular weight excluding hydrogens is 257 g/mol. The van der Waals surface area contributed by atoms with Gasteiger partial charge in [-0.2, -0.15) is 0 Å². The molecule has 0 radical (unpaired) electrons. The number of thioether (sulfide) groups is 1. The molecule has 0 spiro atoms. The molecule has 0 heterocycles. The molecule has 0 bridgehead atoms. The van der Waals surface area contributed by atoms with Crippen molar-refractivity contribution in [3.05, 3.63) is 65.5 Å². The van der Waals surface area contributed by atoms with Gasteiger partial charge in [0.1, 0.15) is 5.82 Å². The Morgan fingerprint density at radius 1 is 1.16 bits per heavy atom. The summed E-state index contributed by atoms with van der Waals surface area (Å²) in [7, 11) is 0. The SMILES string of the molecule is CC(N)Cc1cc(F)ccc1SCc1ccccc1. The van der Waals surface area contributed by atoms with Crippen molar-refractivity contribution in [3.8, 4) is 0 Å². The minimum atomic E-state index is -0.195. The Hall–Kier alpha value is -1.32. The van der Waals surface area contributed by atoms with E-state index in [1.54, 1.807) is 17.8 Å². The van der Waals surface area contributed by atoms with Gasteiger partial charge in [0.05, 0.1) is 0 Å². The Morgan fingerprint density at radius 2 is 1.89 bits per heavy atom. The summed E-state index contributed by atoms with van der Waals surface area (Å²) in [6.07, 6.45) is 0.703. The fourth-order valence-corrected chi connectivity index (χ4v) is 2.94. The molecule has 2 rings (SSSR count). The van der Waals surface area contributed by atoms with Crippen molar-refractivity contribution in [2.24, 2.45) is 5.73 Å². The number of halogens is 1. The van der Waals surface area contributed by atoms with E-state index in [0.717, 1.165) is 16.2 Å². The monoisotopic (exact) mass is 275 g/mol. The van der Waals surface area contributed by atoms with E-state index < -0.39 is 0 Å². The Morgan fingerprint density at radius 3 is 2.58 bits per heavy atom. The molecule has 0 fully saturated rings. The number of nitrogens with two attached hydrogens (primary N) is 1. The van der Waals surface area contributed by atoms with Gasteiger partial charge in [-0.25, -0.2) is 4.39 Å². The number of hydrogen-bond donors (Lipinski definition) is 1. The van der Waals surface area contributed by atoms with E-state index in [1.165, 1.54) is 11.6 Å². The number of benzene rings is 2. The molecule has 2 aromatic carbocycles. The van der Waals surface area contributed by atoms with Crippen LogP contribution in [0.15, 0.2) is 53.4 Å². The topological polar surface area (TPSA) is 26.0 Å². The third-order valence-electron chi connectivity index (χ3n) is 2.80. The summed E-state index contributed by atoms with van der Waals surface area (Å²) in [5.74, 6) is 0.693. The molecule has 0 amide bonds. The molecule has 0 saturated heterocycles. The molecule has 0 aliphatic carbocycles. The van der Waals surface area contributed by atoms with E-state index in [9.17, 15) is 4.39 Å². The van der Waals surface area contributed by atoms with E-state index >= 15 is 0 Å². The van der Waals surface area contributed by atoms with Crippen molar-refractivity contribution in [1.29, 1.82) is 0 Å². The minimum absolute atomic E-state index is 0.0397. The molecule has 2 N–H and O–H groups in total. The van der Waals surface area contributed by atoms with Gasteiger partial charge in [0.2, 0.25) is 0 Å². The highest BCUT2D eigenvalue weighted by Gasteiger charge is 2.07. The second kappa shape index (κ2) is 6.73. The van der Waals surface area contributed by atoms with Crippen LogP contribution in [-0.4, -0.2) is 6.04 Å². The van der Waals surface area contributed by atoms with Crippen LogP contribution in [-0.2, 0) is 12.2 Å². The Balaban J connectivity index is 2.11. The van der Waals surface area contributed by atoms with Crippen LogP contribution in [0.5, 0.6) is 0 Å². The second-order valence-electron chi connectivity index (χ2n) is 4.71. The van der Waals surface area contributed by atoms with Crippen LogP contribution in [0.3, 0.4) is 0 Å². The number of hydrogen-bond acceptors (Lipinski definition) is 2. The maximum absolute atomic E-state index is 13.3. The lowest BCUT2D eigenvalue weighted by atomic mass is 10.1. The molecule has 100 valence electrons. The summed E-state index contributed by atoms with van der Waals surface area (Å²) in [4.78, 5) is 1.11. The summed E-state index contributed by atoms with van der Waals surface area (Å²) in [6, 6.07) is 15.3. The predicted molar refractivity (Wildman–Crippen MR) is 79.8 cm³/mol. The summed E-state index contributed by atoms with van der Waals surface area (Å²) in [6.45, 7) is 1.94. The van der Waals surface area contributed by atoms with Crippen LogP contribution in [0.4, 0.5) is 4.39 Å². The third kappa shape index (κ3) is 4.37. The Kier molecular flexibility index (Phi) is 5.00. The first kappa shape index (κ1) is 14.1. The van der Waals surface area contributed by atoms with E-state index in [-0.39, 0.29) is 11.9 Å². The zero-order valence-electron chi connectivity index (χ0n) is 11.0. The summed E-state index contributed by atoms with van der Waals surface area (Å²) < 4.78 is 13.3. The van der Waals surface area contributed by atoms with Gasteiger partial charge in [0.15, 0.2) is 0 Å². The van der Waals surface area contributed by atoms with E-state index in [2.05, 4.69) is 12.1 Å². The average Bonchev–Trinajstić information content (AvgIpc) is 2.38. The molecular formula is C16H18FNS. The summed E-state index contributed by atoms with van der Waals surface area (Å²) in [5.41, 5.74) is 8.08. The zero-order chi connectivity index (χ0) is 13.7. The van der Waals surface area contributed by atoms with Gasteiger partial charge >= 0.3 is 0 Å². The van der Waals surface area contributed by atoms with Crippen LogP contribution in [0.2, 0.25) is 0 Å². The average molecular weight is 275 g/mol. The lowest BCUT2D eigenvalue weighted by Gasteiger charge is -2.11. The smallest absolute Gasteiger partial charge is 0.123 e. The maximum Gasteiger partial charge on any atom is 0.123 e. The molecule has 19 heavy (non-hydrogen) atoms. The van der Waals surface area contributed by atoms with Crippen molar-refractivity contribution in [1.82, 2.24) is 0 Å². The van der Waals surface area contributed by atoms with E-state index in [0.29, 0.717) is 6.42 Å². The van der Waals surface area contributed by atoms with Crippen molar-refractivity contribution in [2.45, 2.75) is 30.0 Å². The third-order valence-corrected chi connectivity index (χ3v) is 3.99. The molecule has 3 heteroatoms. The number of rotatable bonds is 5. The van der Waals surface area contributed by atoms with Crippen LogP contribution >= 0.6 is 11.8 Å². The first-order valence-electron chi connectivity index (χ1n) is 6.36. The molecule has 1 nitrogen and oxygen atoms in total. The van der Waals surface area contributed by atoms with Gasteiger partial charge in [-0.3, -0.25) is 0 Å². The Labute approximate surface area is 118 Å². The lowest BCUT2D eigenvalue weighted by molar-refractivity contribution is 0.620. The highest BCUT2D eigenvalue weighted by Crippen LogP contribution is 2.27. The van der Waals surface area contributed by atoms with E-state index in [1.807, 2.05) is 31.2 Å². The van der Waals surface area contributed by atoms with Gasteiger partial charge < -0.3 is 5.73 Å². The summed E-state index contributed by atoms with van der Waals surface area (Å²) in [5, 5.41) is 0. The predicted octanol–water partition coefficient (Wildman–Crippen LogP) is 4.01. The lowest BCUT2D eigenvalue weighted by Crippen LogP contribution is -2.18. The van der Waals surface area contributed by atoms with Crippen LogP contribution in [0, 0.1) is 5.82 Å². The van der Waals surface area contributed by atoms with Gasteiger partial charge in [-0.05, 0) is 42.7 Å². The molecule has 0 aromatic heterocycles. The molecule has 0 saturated carbocycles. The zero-order valence-corrected chi connectivity index (χ0v) is 11.8. The standard InChI is InChI=1S/C16H18FNS/c1-12(18)9-14-10-15(17)7-8-16(14)19-11-13-5-3-2-4-6-13/h2-8,10,12H,9,11,18H2,1H3. The van der Waals surface area contributed by atoms with Crippen molar-refractivity contribution < 1.29 is 4.39 Å². The van der Waals surface area contributed by atoms with Gasteiger partial charge in [0.25, 0.3) is 0 Å². The maximum atomic E-state index is 13.3. The molecule has 1 atom stereocenters. The van der Waals surface area contributed by atoms with Crippen LogP contribution < -0.4 is 5.73 Å². The highest BCUT2D eigenvalue weighted by atomic mass is 32.2. The highest BCUT2D eigenvalue weighted by molar-refractivity contribution is 7.98. The quantitative estimate of drug-likeness (QED) is 0.834. The molecule has 2 aromatic rings. The van der Waals surface area contributed by atoms with Gasteiger partial charge in [-0.1, -0.05) is 30.3 Å². The molecule has 0 aliphatic rings. The van der Waals surface area contributed by atoms with Crippen molar-refractivity contribution in [2.75, 3.05) is 0 Å². The normalized spacial score (nSPS) is 12.4. The van der Waals surface area contributed by atoms with Gasteiger partial charge in [0, 0.05) is 16.7 Å². The first-order chi connectivity index (χ1) is 9.15. The van der Waals surface area contributed by atoms with E-state index in [4.69, 9.17) is 5.73 Å². The van der Waals surface area contributed by atoms with Crippen LogP contribution in [0.25, 0.3) is 0 Å². The molecule has 1 unspecified atom stereocenters. The Bertz CT molecular complexity index is 526. The van der Waals surface area contributed by atoms with Crippen molar-refractivity contribution in [3.63, 3.8) is 0 Å². The largest absolute Gasteiger partial charge is 0.328 e. The second-order valence-corrected chi connectivity index (χ2v) is 5.72. The molecule has 0 aliphatic heterocycles. The first-order valence-corrected chi connectivity index (χ1v) is 7.34. The summed E-state index contributed by atoms with van der Waals surface area (Å²) >= 11 is 1.73. The van der Waals surface area contributed by atoms with Crippen LogP contribution in [0.1, 0.15) is 18.1 Å². The minimum Gasteiger partial charge on any atom is -0.328 e.